The molecule has 104 valence electrons. The van der Waals surface area contributed by atoms with Gasteiger partial charge in [-0.3, -0.25) is 10.1 Å². The molecule has 0 unspecified atom stereocenters. The lowest BCUT2D eigenvalue weighted by Crippen LogP contribution is -2.04. The summed E-state index contributed by atoms with van der Waals surface area (Å²) in [6, 6.07) is 9.37. The lowest BCUT2D eigenvalue weighted by Gasteiger charge is -2.08. The Kier molecular flexibility index (Phi) is 4.72. The first kappa shape index (κ1) is 14.9. The number of nitro benzene ring substituents is 1. The second-order valence-corrected chi connectivity index (χ2v) is 5.84. The molecule has 2 aromatic rings. The summed E-state index contributed by atoms with van der Waals surface area (Å²) in [5.74, 6) is -0.417. The topological polar surface area (TPSA) is 55.2 Å². The number of benzene rings is 2. The first-order valence-corrected chi connectivity index (χ1v) is 7.17. The molecule has 0 aliphatic carbocycles. The van der Waals surface area contributed by atoms with E-state index in [0.717, 1.165) is 0 Å². The van der Waals surface area contributed by atoms with Gasteiger partial charge in [0.15, 0.2) is 0 Å². The minimum Gasteiger partial charge on any atom is -0.378 e. The van der Waals surface area contributed by atoms with Crippen molar-refractivity contribution < 1.29 is 9.31 Å². The molecule has 1 N–H and O–H groups in total. The molecule has 0 saturated heterocycles. The van der Waals surface area contributed by atoms with Gasteiger partial charge in [-0.05, 0) is 30.3 Å². The molecule has 0 fully saturated rings. The summed E-state index contributed by atoms with van der Waals surface area (Å²) in [5, 5.41) is 13.8. The number of hydrogen-bond donors (Lipinski definition) is 1. The van der Waals surface area contributed by atoms with Gasteiger partial charge in [0.25, 0.3) is 5.69 Å². The van der Waals surface area contributed by atoms with Crippen LogP contribution in [-0.2, 0) is 6.54 Å². The van der Waals surface area contributed by atoms with E-state index in [2.05, 4.69) is 37.2 Å². The van der Waals surface area contributed by atoms with Crippen LogP contribution >= 0.6 is 31.9 Å². The van der Waals surface area contributed by atoms with E-state index in [9.17, 15) is 14.5 Å². The molecule has 0 heterocycles. The highest BCUT2D eigenvalue weighted by atomic mass is 79.9. The Morgan fingerprint density at radius 2 is 1.80 bits per heavy atom. The van der Waals surface area contributed by atoms with Gasteiger partial charge in [-0.1, -0.05) is 31.9 Å². The van der Waals surface area contributed by atoms with Crippen molar-refractivity contribution in [1.82, 2.24) is 0 Å². The van der Waals surface area contributed by atoms with Crippen LogP contribution < -0.4 is 5.32 Å². The Balaban J connectivity index is 2.20. The summed E-state index contributed by atoms with van der Waals surface area (Å²) in [5.41, 5.74) is 0.773. The third kappa shape index (κ3) is 3.55. The lowest BCUT2D eigenvalue weighted by molar-refractivity contribution is -0.385. The van der Waals surface area contributed by atoms with Crippen LogP contribution in [0.1, 0.15) is 5.56 Å². The number of hydrogen-bond acceptors (Lipinski definition) is 3. The van der Waals surface area contributed by atoms with Crippen molar-refractivity contribution in [3.63, 3.8) is 0 Å². The van der Waals surface area contributed by atoms with Gasteiger partial charge in [-0.15, -0.1) is 0 Å². The van der Waals surface area contributed by atoms with Crippen LogP contribution in [0.5, 0.6) is 0 Å². The van der Waals surface area contributed by atoms with E-state index in [1.165, 1.54) is 12.1 Å². The molecular weight excluding hydrogens is 395 g/mol. The zero-order valence-electron chi connectivity index (χ0n) is 10.1. The first-order valence-electron chi connectivity index (χ1n) is 5.59. The molecule has 0 radical (unpaired) electrons. The summed E-state index contributed by atoms with van der Waals surface area (Å²) in [6.45, 7) is 0.169. The van der Waals surface area contributed by atoms with Crippen molar-refractivity contribution in [2.45, 2.75) is 6.54 Å². The zero-order chi connectivity index (χ0) is 14.7. The average molecular weight is 404 g/mol. The number of rotatable bonds is 4. The highest BCUT2D eigenvalue weighted by Gasteiger charge is 2.14. The third-order valence-electron chi connectivity index (χ3n) is 2.64. The Morgan fingerprint density at radius 3 is 2.45 bits per heavy atom. The predicted molar refractivity (Wildman–Crippen MR) is 82.2 cm³/mol. The van der Waals surface area contributed by atoms with Crippen LogP contribution in [0.25, 0.3) is 0 Å². The molecule has 0 saturated carbocycles. The van der Waals surface area contributed by atoms with Crippen molar-refractivity contribution in [2.75, 3.05) is 5.32 Å². The lowest BCUT2D eigenvalue weighted by atomic mass is 10.1. The van der Waals surface area contributed by atoms with Crippen LogP contribution in [-0.4, -0.2) is 4.92 Å². The van der Waals surface area contributed by atoms with Gasteiger partial charge >= 0.3 is 0 Å². The number of nitro groups is 1. The van der Waals surface area contributed by atoms with E-state index in [1.807, 2.05) is 0 Å². The van der Waals surface area contributed by atoms with Crippen LogP contribution in [0.15, 0.2) is 45.3 Å². The van der Waals surface area contributed by atoms with Crippen molar-refractivity contribution in [3.8, 4) is 0 Å². The SMILES string of the molecule is O=[N+]([O-])c1cc(Br)ccc1CNc1ccc(Br)cc1F. The van der Waals surface area contributed by atoms with Gasteiger partial charge in [0.2, 0.25) is 0 Å². The van der Waals surface area contributed by atoms with Gasteiger partial charge in [0.05, 0.1) is 10.6 Å². The molecule has 20 heavy (non-hydrogen) atoms. The Hall–Kier alpha value is -1.47. The fraction of sp³-hybridized carbons (Fsp3) is 0.0769. The maximum atomic E-state index is 13.6. The van der Waals surface area contributed by atoms with Crippen molar-refractivity contribution in [2.24, 2.45) is 0 Å². The Morgan fingerprint density at radius 1 is 1.15 bits per heavy atom. The molecule has 2 aromatic carbocycles. The Bertz CT molecular complexity index is 665. The molecule has 0 aromatic heterocycles. The molecule has 0 spiro atoms. The largest absolute Gasteiger partial charge is 0.378 e. The normalized spacial score (nSPS) is 10.3. The quantitative estimate of drug-likeness (QED) is 0.585. The van der Waals surface area contributed by atoms with Gasteiger partial charge < -0.3 is 5.32 Å². The number of halogens is 3. The van der Waals surface area contributed by atoms with E-state index in [-0.39, 0.29) is 12.2 Å². The summed E-state index contributed by atoms with van der Waals surface area (Å²) in [7, 11) is 0. The fourth-order valence-electron chi connectivity index (χ4n) is 1.68. The van der Waals surface area contributed by atoms with E-state index in [0.29, 0.717) is 20.2 Å². The smallest absolute Gasteiger partial charge is 0.275 e. The number of nitrogens with one attached hydrogen (secondary N) is 1. The standard InChI is InChI=1S/C13H9Br2FN2O2/c14-9-3-4-12(11(16)5-9)17-7-8-1-2-10(15)6-13(8)18(19)20/h1-6,17H,7H2. The fourth-order valence-corrected chi connectivity index (χ4v) is 2.36. The minimum absolute atomic E-state index is 0.00982. The van der Waals surface area contributed by atoms with E-state index < -0.39 is 10.7 Å². The zero-order valence-corrected chi connectivity index (χ0v) is 13.2. The molecular formula is C13H9Br2FN2O2. The minimum atomic E-state index is -0.459. The van der Waals surface area contributed by atoms with Crippen LogP contribution in [0, 0.1) is 15.9 Å². The van der Waals surface area contributed by atoms with Gasteiger partial charge in [0.1, 0.15) is 5.82 Å². The van der Waals surface area contributed by atoms with Gasteiger partial charge in [-0.2, -0.15) is 0 Å². The molecule has 4 nitrogen and oxygen atoms in total. The molecule has 0 atom stereocenters. The van der Waals surface area contributed by atoms with E-state index in [4.69, 9.17) is 0 Å². The van der Waals surface area contributed by atoms with Crippen LogP contribution in [0.3, 0.4) is 0 Å². The first-order chi connectivity index (χ1) is 9.47. The number of nitrogens with zero attached hydrogens (tertiary/aromatic N) is 1. The molecule has 7 heteroatoms. The maximum Gasteiger partial charge on any atom is 0.275 e. The van der Waals surface area contributed by atoms with Crippen molar-refractivity contribution in [1.29, 1.82) is 0 Å². The Labute approximate surface area is 131 Å². The predicted octanol–water partition coefficient (Wildman–Crippen LogP) is 4.87. The maximum absolute atomic E-state index is 13.6. The summed E-state index contributed by atoms with van der Waals surface area (Å²) < 4.78 is 14.9. The van der Waals surface area contributed by atoms with Crippen molar-refractivity contribution in [3.05, 3.63) is 66.8 Å². The van der Waals surface area contributed by atoms with Crippen LogP contribution in [0.2, 0.25) is 0 Å². The molecule has 0 bridgehead atoms. The summed E-state index contributed by atoms with van der Waals surface area (Å²) in [6.07, 6.45) is 0. The van der Waals surface area contributed by atoms with Crippen LogP contribution in [0.4, 0.5) is 15.8 Å². The molecule has 0 aliphatic rings. The molecule has 0 amide bonds. The highest BCUT2D eigenvalue weighted by molar-refractivity contribution is 9.10. The molecule has 0 aliphatic heterocycles. The van der Waals surface area contributed by atoms with E-state index >= 15 is 0 Å². The number of anilines is 1. The summed E-state index contributed by atoms with van der Waals surface area (Å²) in [4.78, 5) is 10.5. The summed E-state index contributed by atoms with van der Waals surface area (Å²) >= 11 is 6.36. The average Bonchev–Trinajstić information content (AvgIpc) is 2.38. The monoisotopic (exact) mass is 402 g/mol. The third-order valence-corrected chi connectivity index (χ3v) is 3.63. The highest BCUT2D eigenvalue weighted by Crippen LogP contribution is 2.25. The van der Waals surface area contributed by atoms with Crippen molar-refractivity contribution >= 4 is 43.2 Å². The van der Waals surface area contributed by atoms with Gasteiger partial charge in [0, 0.05) is 27.1 Å². The van der Waals surface area contributed by atoms with Gasteiger partial charge in [-0.25, -0.2) is 4.39 Å². The second kappa shape index (κ2) is 6.32. The second-order valence-electron chi connectivity index (χ2n) is 4.01. The molecule has 2 rings (SSSR count). The van der Waals surface area contributed by atoms with E-state index in [1.54, 1.807) is 24.3 Å².